The van der Waals surface area contributed by atoms with Crippen molar-refractivity contribution in [3.8, 4) is 16.9 Å². The van der Waals surface area contributed by atoms with E-state index < -0.39 is 7.26 Å². The number of hydrogen-bond donors (Lipinski definition) is 1. The molecule has 5 aromatic carbocycles. The molecule has 0 aliphatic heterocycles. The number of hydrogen-bond acceptors (Lipinski definition) is 1. The lowest BCUT2D eigenvalue weighted by atomic mass is 9.91. The number of aryl methyl sites for hydroxylation is 1. The summed E-state index contributed by atoms with van der Waals surface area (Å²) in [5.41, 5.74) is 5.79. The number of unbranched alkanes of at least 4 members (excludes halogenated alkanes) is 7. The Labute approximate surface area is 290 Å². The molecule has 5 rings (SSSR count). The molecule has 0 atom stereocenters. The zero-order valence-electron chi connectivity index (χ0n) is 28.6. The second-order valence-corrected chi connectivity index (χ2v) is 16.6. The highest BCUT2D eigenvalue weighted by Gasteiger charge is 2.44. The number of allylic oxidation sites excluding steroid dienone is 2. The summed E-state index contributed by atoms with van der Waals surface area (Å²) in [6.45, 7) is 7.82. The van der Waals surface area contributed by atoms with Crippen molar-refractivity contribution in [3.05, 3.63) is 169 Å². The maximum Gasteiger partial charge on any atom is 0.123 e. The second kappa shape index (κ2) is 18.4. The minimum atomic E-state index is -1.72. The predicted octanol–water partition coefficient (Wildman–Crippen LogP) is 11.2. The molecule has 0 saturated carbocycles. The van der Waals surface area contributed by atoms with Gasteiger partial charge >= 0.3 is 0 Å². The first-order chi connectivity index (χ1) is 23.7. The van der Waals surface area contributed by atoms with Crippen LogP contribution in [0, 0.1) is 0 Å². The number of rotatable bonds is 19. The molecule has 1 nitrogen and oxygen atoms in total. The molecular weight excluding hydrogens is 599 g/mol. The zero-order valence-corrected chi connectivity index (χ0v) is 29.5. The van der Waals surface area contributed by atoms with Crippen molar-refractivity contribution in [1.29, 1.82) is 0 Å². The van der Waals surface area contributed by atoms with Crippen LogP contribution in [0.5, 0.6) is 5.75 Å². The largest absolute Gasteiger partial charge is 0.507 e. The summed E-state index contributed by atoms with van der Waals surface area (Å²) in [6, 6.07) is 46.5. The van der Waals surface area contributed by atoms with E-state index in [1.807, 2.05) is 24.3 Å². The lowest BCUT2D eigenvalue weighted by Crippen LogP contribution is -2.33. The van der Waals surface area contributed by atoms with Crippen LogP contribution in [0.1, 0.15) is 68.1 Å². The molecule has 0 aliphatic carbocycles. The molecule has 0 unspecified atom stereocenters. The standard InChI is InChI=1S/C46H51OP/c1-3-22-38-31-33-40(44(36-38)45-37-39(23-4-2)32-34-46(45)47)24-14-9-7-5-6-8-10-21-35-48(41-25-15-11-16-26-41,42-27-17-12-18-28-42)43-29-19-13-20-30-43/h3-4,11-13,15-20,25-34,36-37H,1-2,5-10,14,21-24,35H2/p+1. The quantitative estimate of drug-likeness (QED) is 0.0535. The molecule has 0 amide bonds. The van der Waals surface area contributed by atoms with Crippen LogP contribution in [0.3, 0.4) is 0 Å². The van der Waals surface area contributed by atoms with Gasteiger partial charge in [0.1, 0.15) is 28.9 Å². The molecule has 0 radical (unpaired) electrons. The Balaban J connectivity index is 1.13. The fraction of sp³-hybridized carbons (Fsp3) is 0.261. The Hall–Kier alpha value is -4.19. The molecule has 0 saturated heterocycles. The van der Waals surface area contributed by atoms with Crippen LogP contribution in [0.2, 0.25) is 0 Å². The van der Waals surface area contributed by atoms with E-state index in [9.17, 15) is 5.11 Å². The van der Waals surface area contributed by atoms with E-state index in [4.69, 9.17) is 0 Å². The van der Waals surface area contributed by atoms with Crippen molar-refractivity contribution in [3.63, 3.8) is 0 Å². The third-order valence-corrected chi connectivity index (χ3v) is 14.1. The molecule has 0 bridgehead atoms. The van der Waals surface area contributed by atoms with E-state index in [1.165, 1.54) is 90.1 Å². The fourth-order valence-corrected chi connectivity index (χ4v) is 11.5. The molecule has 0 aliphatic rings. The van der Waals surface area contributed by atoms with Crippen molar-refractivity contribution >= 4 is 23.2 Å². The highest BCUT2D eigenvalue weighted by atomic mass is 31.2. The summed E-state index contributed by atoms with van der Waals surface area (Å²) in [5, 5.41) is 15.3. The lowest BCUT2D eigenvalue weighted by Gasteiger charge is -2.27. The first-order valence-electron chi connectivity index (χ1n) is 17.9. The molecule has 0 spiro atoms. The van der Waals surface area contributed by atoms with Gasteiger partial charge in [0.25, 0.3) is 0 Å². The van der Waals surface area contributed by atoms with Gasteiger partial charge in [0, 0.05) is 5.56 Å². The number of phenolic OH excluding ortho intramolecular Hbond substituents is 1. The van der Waals surface area contributed by atoms with Crippen molar-refractivity contribution in [2.75, 3.05) is 6.16 Å². The molecule has 48 heavy (non-hydrogen) atoms. The average Bonchev–Trinajstić information content (AvgIpc) is 3.13. The van der Waals surface area contributed by atoms with Crippen LogP contribution < -0.4 is 15.9 Å². The highest BCUT2D eigenvalue weighted by molar-refractivity contribution is 7.95. The Morgan fingerprint density at radius 2 is 0.917 bits per heavy atom. The van der Waals surface area contributed by atoms with Gasteiger partial charge in [-0.25, -0.2) is 0 Å². The van der Waals surface area contributed by atoms with Crippen LogP contribution in [0.15, 0.2) is 153 Å². The van der Waals surface area contributed by atoms with Gasteiger partial charge in [-0.15, -0.1) is 13.2 Å². The van der Waals surface area contributed by atoms with Crippen molar-refractivity contribution in [2.24, 2.45) is 0 Å². The van der Waals surface area contributed by atoms with Gasteiger partial charge < -0.3 is 5.11 Å². The predicted molar refractivity (Wildman–Crippen MR) is 212 cm³/mol. The summed E-state index contributed by atoms with van der Waals surface area (Å²) in [6.07, 6.45) is 17.8. The Kier molecular flexibility index (Phi) is 13.4. The molecule has 1 N–H and O–H groups in total. The van der Waals surface area contributed by atoms with E-state index in [1.54, 1.807) is 0 Å². The molecule has 0 fully saturated rings. The van der Waals surface area contributed by atoms with E-state index in [2.05, 4.69) is 128 Å². The minimum Gasteiger partial charge on any atom is -0.507 e. The second-order valence-electron chi connectivity index (χ2n) is 12.9. The summed E-state index contributed by atoms with van der Waals surface area (Å²) in [5.74, 6) is 0.343. The van der Waals surface area contributed by atoms with Gasteiger partial charge in [0.05, 0.1) is 6.16 Å². The Morgan fingerprint density at radius 3 is 1.42 bits per heavy atom. The minimum absolute atomic E-state index is 0.343. The van der Waals surface area contributed by atoms with E-state index in [0.29, 0.717) is 5.75 Å². The van der Waals surface area contributed by atoms with Crippen molar-refractivity contribution < 1.29 is 5.11 Å². The summed E-state index contributed by atoms with van der Waals surface area (Å²) in [7, 11) is -1.72. The van der Waals surface area contributed by atoms with Crippen LogP contribution in [-0.4, -0.2) is 11.3 Å². The fourth-order valence-electron chi connectivity index (χ4n) is 7.09. The summed E-state index contributed by atoms with van der Waals surface area (Å²) >= 11 is 0. The molecule has 0 heterocycles. The van der Waals surface area contributed by atoms with Gasteiger partial charge in [-0.2, -0.15) is 0 Å². The number of benzene rings is 5. The number of phenols is 1. The maximum atomic E-state index is 10.8. The Bertz CT molecular complexity index is 1610. The van der Waals surface area contributed by atoms with Gasteiger partial charge in [-0.1, -0.05) is 123 Å². The third kappa shape index (κ3) is 9.03. The first kappa shape index (κ1) is 35.1. The van der Waals surface area contributed by atoms with Gasteiger partial charge in [0.15, 0.2) is 0 Å². The molecular formula is C46H52OP+. The molecule has 2 heteroatoms. The van der Waals surface area contributed by atoms with Crippen LogP contribution in [-0.2, 0) is 19.3 Å². The zero-order chi connectivity index (χ0) is 33.4. The van der Waals surface area contributed by atoms with E-state index in [0.717, 1.165) is 30.4 Å². The third-order valence-electron chi connectivity index (χ3n) is 9.57. The first-order valence-corrected chi connectivity index (χ1v) is 19.8. The van der Waals surface area contributed by atoms with Gasteiger partial charge in [-0.05, 0) is 109 Å². The van der Waals surface area contributed by atoms with Gasteiger partial charge in [-0.3, -0.25) is 0 Å². The van der Waals surface area contributed by atoms with E-state index >= 15 is 0 Å². The van der Waals surface area contributed by atoms with Crippen LogP contribution in [0.4, 0.5) is 0 Å². The average molecular weight is 652 g/mol. The summed E-state index contributed by atoms with van der Waals surface area (Å²) < 4.78 is 0. The monoisotopic (exact) mass is 651 g/mol. The SMILES string of the molecule is C=CCc1ccc(O)c(-c2cc(CC=C)ccc2CCCCCCCCCC[P+](c2ccccc2)(c2ccccc2)c2ccccc2)c1. The molecule has 0 aromatic heterocycles. The van der Waals surface area contributed by atoms with Crippen LogP contribution in [0.25, 0.3) is 11.1 Å². The topological polar surface area (TPSA) is 20.2 Å². The Morgan fingerprint density at radius 1 is 0.479 bits per heavy atom. The lowest BCUT2D eigenvalue weighted by molar-refractivity contribution is 0.477. The molecule has 246 valence electrons. The normalized spacial score (nSPS) is 11.3. The van der Waals surface area contributed by atoms with Crippen molar-refractivity contribution in [2.45, 2.75) is 70.6 Å². The van der Waals surface area contributed by atoms with Gasteiger partial charge in [0.2, 0.25) is 0 Å². The smallest absolute Gasteiger partial charge is 0.123 e. The van der Waals surface area contributed by atoms with Crippen molar-refractivity contribution in [1.82, 2.24) is 0 Å². The highest BCUT2D eigenvalue weighted by Crippen LogP contribution is 2.56. The maximum absolute atomic E-state index is 10.8. The summed E-state index contributed by atoms with van der Waals surface area (Å²) in [4.78, 5) is 0. The number of aromatic hydroxyl groups is 1. The van der Waals surface area contributed by atoms with Crippen LogP contribution >= 0.6 is 7.26 Å². The van der Waals surface area contributed by atoms with E-state index in [-0.39, 0.29) is 0 Å². The molecule has 5 aromatic rings.